The van der Waals surface area contributed by atoms with E-state index >= 15 is 0 Å². The number of rotatable bonds is 2. The summed E-state index contributed by atoms with van der Waals surface area (Å²) >= 11 is 0. The van der Waals surface area contributed by atoms with E-state index in [0.29, 0.717) is 0 Å². The Hall–Kier alpha value is -2.94. The summed E-state index contributed by atoms with van der Waals surface area (Å²) in [6, 6.07) is 18.7. The molecule has 124 valence electrons. The van der Waals surface area contributed by atoms with Gasteiger partial charge in [0, 0.05) is 16.6 Å². The van der Waals surface area contributed by atoms with E-state index in [-0.39, 0.29) is 0 Å². The fourth-order valence-electron chi connectivity index (χ4n) is 3.67. The summed E-state index contributed by atoms with van der Waals surface area (Å²) in [4.78, 5) is 4.95. The Balaban J connectivity index is 2.05. The summed E-state index contributed by atoms with van der Waals surface area (Å²) in [5.74, 6) is 0. The molecule has 0 N–H and O–H groups in total. The minimum absolute atomic E-state index is 0.927. The van der Waals surface area contributed by atoms with Crippen LogP contribution in [0.25, 0.3) is 27.8 Å². The molecule has 2 aromatic heterocycles. The first-order valence-electron chi connectivity index (χ1n) is 8.56. The van der Waals surface area contributed by atoms with Crippen LogP contribution in [-0.2, 0) is 0 Å². The van der Waals surface area contributed by atoms with Crippen LogP contribution in [0, 0.1) is 27.7 Å². The summed E-state index contributed by atoms with van der Waals surface area (Å²) in [5, 5.41) is 5.92. The minimum atomic E-state index is 0.927. The van der Waals surface area contributed by atoms with Crippen molar-refractivity contribution < 1.29 is 0 Å². The van der Waals surface area contributed by atoms with Crippen LogP contribution in [0.15, 0.2) is 54.6 Å². The van der Waals surface area contributed by atoms with E-state index in [2.05, 4.69) is 64.1 Å². The first-order chi connectivity index (χ1) is 12.1. The third kappa shape index (κ3) is 2.43. The normalized spacial score (nSPS) is 11.2. The first-order valence-corrected chi connectivity index (χ1v) is 8.56. The molecule has 0 saturated heterocycles. The number of benzene rings is 2. The van der Waals surface area contributed by atoms with Gasteiger partial charge in [-0.1, -0.05) is 42.5 Å². The van der Waals surface area contributed by atoms with Crippen molar-refractivity contribution >= 4 is 11.0 Å². The summed E-state index contributed by atoms with van der Waals surface area (Å²) in [6.45, 7) is 8.49. The molecule has 0 fully saturated rings. The molecule has 3 nitrogen and oxygen atoms in total. The molecule has 2 heterocycles. The van der Waals surface area contributed by atoms with Crippen LogP contribution in [0.3, 0.4) is 0 Å². The van der Waals surface area contributed by atoms with Crippen molar-refractivity contribution in [3.8, 4) is 16.8 Å². The van der Waals surface area contributed by atoms with E-state index in [1.807, 2.05) is 22.9 Å². The average molecular weight is 327 g/mol. The second-order valence-corrected chi connectivity index (χ2v) is 6.54. The fraction of sp³-hybridized carbons (Fsp3) is 0.182. The van der Waals surface area contributed by atoms with Crippen molar-refractivity contribution in [1.82, 2.24) is 14.8 Å². The molecule has 0 spiro atoms. The van der Waals surface area contributed by atoms with E-state index in [1.165, 1.54) is 22.3 Å². The van der Waals surface area contributed by atoms with Crippen molar-refractivity contribution in [3.63, 3.8) is 0 Å². The van der Waals surface area contributed by atoms with Crippen LogP contribution < -0.4 is 0 Å². The van der Waals surface area contributed by atoms with Gasteiger partial charge in [0.05, 0.1) is 11.4 Å². The molecule has 0 amide bonds. The number of hydrogen-bond donors (Lipinski definition) is 0. The lowest BCUT2D eigenvalue weighted by atomic mass is 9.94. The Bertz CT molecular complexity index is 1080. The van der Waals surface area contributed by atoms with Gasteiger partial charge in [-0.15, -0.1) is 0 Å². The molecule has 0 radical (unpaired) electrons. The predicted molar refractivity (Wildman–Crippen MR) is 103 cm³/mol. The van der Waals surface area contributed by atoms with Gasteiger partial charge in [0.2, 0.25) is 0 Å². The van der Waals surface area contributed by atoms with Crippen LogP contribution in [-0.4, -0.2) is 14.8 Å². The van der Waals surface area contributed by atoms with Gasteiger partial charge in [0.25, 0.3) is 0 Å². The van der Waals surface area contributed by atoms with Crippen molar-refractivity contribution in [2.24, 2.45) is 0 Å². The molecule has 2 aromatic carbocycles. The minimum Gasteiger partial charge on any atom is -0.233 e. The fourth-order valence-corrected chi connectivity index (χ4v) is 3.67. The van der Waals surface area contributed by atoms with Crippen LogP contribution in [0.5, 0.6) is 0 Å². The maximum Gasteiger partial charge on any atom is 0.163 e. The summed E-state index contributed by atoms with van der Waals surface area (Å²) in [5.41, 5.74) is 9.00. The Morgan fingerprint density at radius 2 is 1.44 bits per heavy atom. The molecule has 0 atom stereocenters. The number of para-hydroxylation sites is 1. The maximum atomic E-state index is 4.95. The third-order valence-corrected chi connectivity index (χ3v) is 4.84. The van der Waals surface area contributed by atoms with Gasteiger partial charge in [0.1, 0.15) is 0 Å². The molecular formula is C22H21N3. The zero-order valence-electron chi connectivity index (χ0n) is 15.0. The van der Waals surface area contributed by atoms with Gasteiger partial charge in [-0.2, -0.15) is 5.10 Å². The van der Waals surface area contributed by atoms with E-state index in [4.69, 9.17) is 10.1 Å². The Morgan fingerprint density at radius 1 is 0.760 bits per heavy atom. The van der Waals surface area contributed by atoms with E-state index in [0.717, 1.165) is 28.1 Å². The highest BCUT2D eigenvalue weighted by molar-refractivity contribution is 5.91. The Morgan fingerprint density at radius 3 is 2.16 bits per heavy atom. The number of aryl methyl sites for hydroxylation is 4. The standard InChI is InChI=1S/C22H21N3/c1-14-10-8-9-13-19(14)20-15(2)21-17(4)24-25(22(21)23-16(20)3)18-11-6-5-7-12-18/h5-13H,1-4H3. The second-order valence-electron chi connectivity index (χ2n) is 6.54. The average Bonchev–Trinajstić information content (AvgIpc) is 2.94. The van der Waals surface area contributed by atoms with Crippen molar-refractivity contribution in [3.05, 3.63) is 77.1 Å². The van der Waals surface area contributed by atoms with Crippen LogP contribution in [0.1, 0.15) is 22.5 Å². The molecule has 0 aliphatic rings. The van der Waals surface area contributed by atoms with E-state index in [1.54, 1.807) is 0 Å². The largest absolute Gasteiger partial charge is 0.233 e. The zero-order chi connectivity index (χ0) is 17.6. The molecule has 4 aromatic rings. The van der Waals surface area contributed by atoms with Crippen molar-refractivity contribution in [2.45, 2.75) is 27.7 Å². The highest BCUT2D eigenvalue weighted by Gasteiger charge is 2.19. The quantitative estimate of drug-likeness (QED) is 0.499. The molecule has 0 unspecified atom stereocenters. The first kappa shape index (κ1) is 15.6. The third-order valence-electron chi connectivity index (χ3n) is 4.84. The number of nitrogens with zero attached hydrogens (tertiary/aromatic N) is 3. The summed E-state index contributed by atoms with van der Waals surface area (Å²) < 4.78 is 1.95. The van der Waals surface area contributed by atoms with Gasteiger partial charge in [0.15, 0.2) is 5.65 Å². The molecule has 0 saturated carbocycles. The second kappa shape index (κ2) is 5.85. The van der Waals surface area contributed by atoms with Crippen LogP contribution in [0.4, 0.5) is 0 Å². The monoisotopic (exact) mass is 327 g/mol. The predicted octanol–water partition coefficient (Wildman–Crippen LogP) is 5.32. The van der Waals surface area contributed by atoms with Crippen molar-refractivity contribution in [1.29, 1.82) is 0 Å². The van der Waals surface area contributed by atoms with Gasteiger partial charge in [-0.25, -0.2) is 9.67 Å². The molecular weight excluding hydrogens is 306 g/mol. The maximum absolute atomic E-state index is 4.95. The van der Waals surface area contributed by atoms with Crippen LogP contribution >= 0.6 is 0 Å². The van der Waals surface area contributed by atoms with Gasteiger partial charge in [-0.05, 0) is 56.5 Å². The topological polar surface area (TPSA) is 30.7 Å². The van der Waals surface area contributed by atoms with Gasteiger partial charge in [-0.3, -0.25) is 0 Å². The van der Waals surface area contributed by atoms with Crippen molar-refractivity contribution in [2.75, 3.05) is 0 Å². The molecule has 0 aliphatic heterocycles. The molecule has 0 aliphatic carbocycles. The number of fused-ring (bicyclic) bond motifs is 1. The lowest BCUT2D eigenvalue weighted by Gasteiger charge is -2.14. The molecule has 3 heteroatoms. The lowest BCUT2D eigenvalue weighted by molar-refractivity contribution is 0.875. The molecule has 0 bridgehead atoms. The molecule has 25 heavy (non-hydrogen) atoms. The smallest absolute Gasteiger partial charge is 0.163 e. The van der Waals surface area contributed by atoms with E-state index < -0.39 is 0 Å². The Labute approximate surface area is 148 Å². The number of pyridine rings is 1. The highest BCUT2D eigenvalue weighted by atomic mass is 15.3. The van der Waals surface area contributed by atoms with Crippen LogP contribution in [0.2, 0.25) is 0 Å². The molecule has 4 rings (SSSR count). The van der Waals surface area contributed by atoms with Gasteiger partial charge >= 0.3 is 0 Å². The zero-order valence-corrected chi connectivity index (χ0v) is 15.0. The highest BCUT2D eigenvalue weighted by Crippen LogP contribution is 2.35. The number of aromatic nitrogens is 3. The number of hydrogen-bond acceptors (Lipinski definition) is 2. The van der Waals surface area contributed by atoms with E-state index in [9.17, 15) is 0 Å². The summed E-state index contributed by atoms with van der Waals surface area (Å²) in [6.07, 6.45) is 0. The Kier molecular flexibility index (Phi) is 3.65. The lowest BCUT2D eigenvalue weighted by Crippen LogP contribution is -2.00. The SMILES string of the molecule is Cc1ccccc1-c1c(C)nc2c(c(C)nn2-c2ccccc2)c1C. The van der Waals surface area contributed by atoms with Gasteiger partial charge < -0.3 is 0 Å². The summed E-state index contributed by atoms with van der Waals surface area (Å²) in [7, 11) is 0.